The highest BCUT2D eigenvalue weighted by Crippen LogP contribution is 1.97. The van der Waals surface area contributed by atoms with E-state index < -0.39 is 0 Å². The number of carbonyl (C=O) groups excluding carboxylic acids is 1. The van der Waals surface area contributed by atoms with Gasteiger partial charge in [-0.05, 0) is 12.8 Å². The molecular formula is C8H15NO2. The molecule has 0 aromatic carbocycles. The van der Waals surface area contributed by atoms with Crippen LogP contribution < -0.4 is 5.32 Å². The third kappa shape index (κ3) is 4.42. The molecule has 0 saturated heterocycles. The van der Waals surface area contributed by atoms with Crippen molar-refractivity contribution in [1.82, 2.24) is 5.32 Å². The molecule has 64 valence electrons. The minimum absolute atomic E-state index is 0.153. The van der Waals surface area contributed by atoms with Crippen LogP contribution in [0, 0.1) is 0 Å². The fourth-order valence-corrected chi connectivity index (χ4v) is 0.754. The number of ether oxygens (including phenoxy) is 1. The molecule has 0 aliphatic carbocycles. The Labute approximate surface area is 67.4 Å². The summed E-state index contributed by atoms with van der Waals surface area (Å²) in [6.45, 7) is 5.59. The molecule has 0 fully saturated rings. The first kappa shape index (κ1) is 10.0. The number of carbonyl (C=O) groups is 1. The van der Waals surface area contributed by atoms with E-state index in [0.29, 0.717) is 0 Å². The molecule has 0 aromatic rings. The Morgan fingerprint density at radius 3 is 2.82 bits per heavy atom. The molecule has 11 heavy (non-hydrogen) atoms. The molecule has 0 rings (SSSR count). The summed E-state index contributed by atoms with van der Waals surface area (Å²) in [5.41, 5.74) is 0. The summed E-state index contributed by atoms with van der Waals surface area (Å²) in [5.74, 6) is 0. The highest BCUT2D eigenvalue weighted by Gasteiger charge is 2.06. The van der Waals surface area contributed by atoms with Crippen LogP contribution in [-0.4, -0.2) is 19.2 Å². The zero-order valence-corrected chi connectivity index (χ0v) is 7.09. The minimum atomic E-state index is -0.376. The molecule has 0 saturated carbocycles. The number of amides is 1. The maximum absolute atomic E-state index is 10.7. The van der Waals surface area contributed by atoms with Gasteiger partial charge in [-0.15, -0.1) is 6.58 Å². The van der Waals surface area contributed by atoms with Gasteiger partial charge in [-0.1, -0.05) is 13.0 Å². The largest absolute Gasteiger partial charge is 0.453 e. The Kier molecular flexibility index (Phi) is 5.25. The lowest BCUT2D eigenvalue weighted by Gasteiger charge is -2.12. The van der Waals surface area contributed by atoms with Crippen molar-refractivity contribution >= 4 is 6.09 Å². The van der Waals surface area contributed by atoms with Crippen LogP contribution in [0.5, 0.6) is 0 Å². The van der Waals surface area contributed by atoms with E-state index in [0.717, 1.165) is 12.8 Å². The van der Waals surface area contributed by atoms with Gasteiger partial charge in [0.2, 0.25) is 0 Å². The second kappa shape index (κ2) is 5.77. The van der Waals surface area contributed by atoms with Crippen molar-refractivity contribution in [2.45, 2.75) is 25.8 Å². The number of alkyl carbamates (subject to hydrolysis) is 1. The zero-order valence-electron chi connectivity index (χ0n) is 7.09. The minimum Gasteiger partial charge on any atom is -0.453 e. The molecule has 0 heterocycles. The number of hydrogen-bond acceptors (Lipinski definition) is 2. The van der Waals surface area contributed by atoms with E-state index in [4.69, 9.17) is 0 Å². The first-order valence-electron chi connectivity index (χ1n) is 3.70. The van der Waals surface area contributed by atoms with Gasteiger partial charge < -0.3 is 10.1 Å². The zero-order chi connectivity index (χ0) is 8.69. The van der Waals surface area contributed by atoms with Crippen molar-refractivity contribution in [1.29, 1.82) is 0 Å². The summed E-state index contributed by atoms with van der Waals surface area (Å²) < 4.78 is 4.44. The summed E-state index contributed by atoms with van der Waals surface area (Å²) in [4.78, 5) is 10.7. The van der Waals surface area contributed by atoms with Gasteiger partial charge in [0.1, 0.15) is 0 Å². The summed E-state index contributed by atoms with van der Waals surface area (Å²) >= 11 is 0. The molecule has 0 radical (unpaired) electrons. The Morgan fingerprint density at radius 2 is 2.45 bits per heavy atom. The van der Waals surface area contributed by atoms with Crippen molar-refractivity contribution in [3.8, 4) is 0 Å². The van der Waals surface area contributed by atoms with E-state index in [-0.39, 0.29) is 12.1 Å². The standard InChI is InChI=1S/C8H15NO2/c1-4-6-7(5-2)9-8(10)11-3/h4,7H,1,5-6H2,2-3H3,(H,9,10)/t7-/m0/s1. The van der Waals surface area contributed by atoms with Crippen LogP contribution in [0.25, 0.3) is 0 Å². The van der Waals surface area contributed by atoms with Gasteiger partial charge in [0.15, 0.2) is 0 Å². The second-order valence-electron chi connectivity index (χ2n) is 2.27. The van der Waals surface area contributed by atoms with Gasteiger partial charge in [-0.3, -0.25) is 0 Å². The maximum atomic E-state index is 10.7. The summed E-state index contributed by atoms with van der Waals surface area (Å²) in [6, 6.07) is 0.153. The van der Waals surface area contributed by atoms with Crippen molar-refractivity contribution in [3.05, 3.63) is 12.7 Å². The number of nitrogens with one attached hydrogen (secondary N) is 1. The van der Waals surface area contributed by atoms with E-state index in [9.17, 15) is 4.79 Å². The lowest BCUT2D eigenvalue weighted by atomic mass is 10.1. The fraction of sp³-hybridized carbons (Fsp3) is 0.625. The van der Waals surface area contributed by atoms with Crippen molar-refractivity contribution < 1.29 is 9.53 Å². The molecule has 0 bridgehead atoms. The van der Waals surface area contributed by atoms with Crippen molar-refractivity contribution in [2.75, 3.05) is 7.11 Å². The van der Waals surface area contributed by atoms with Gasteiger partial charge in [0.25, 0.3) is 0 Å². The Morgan fingerprint density at radius 1 is 1.82 bits per heavy atom. The Balaban J connectivity index is 3.67. The quantitative estimate of drug-likeness (QED) is 0.631. The molecule has 0 aliphatic rings. The highest BCUT2D eigenvalue weighted by molar-refractivity contribution is 5.67. The summed E-state index contributed by atoms with van der Waals surface area (Å²) in [6.07, 6.45) is 3.08. The van der Waals surface area contributed by atoms with Crippen LogP contribution >= 0.6 is 0 Å². The molecule has 0 aliphatic heterocycles. The van der Waals surface area contributed by atoms with E-state index in [1.54, 1.807) is 6.08 Å². The predicted molar refractivity (Wildman–Crippen MR) is 44.4 cm³/mol. The molecule has 3 heteroatoms. The van der Waals surface area contributed by atoms with Gasteiger partial charge >= 0.3 is 6.09 Å². The second-order valence-corrected chi connectivity index (χ2v) is 2.27. The van der Waals surface area contributed by atoms with E-state index in [1.807, 2.05) is 6.92 Å². The van der Waals surface area contributed by atoms with Crippen LogP contribution in [0.1, 0.15) is 19.8 Å². The highest BCUT2D eigenvalue weighted by atomic mass is 16.5. The lowest BCUT2D eigenvalue weighted by Crippen LogP contribution is -2.33. The van der Waals surface area contributed by atoms with Gasteiger partial charge in [0, 0.05) is 6.04 Å². The smallest absolute Gasteiger partial charge is 0.407 e. The van der Waals surface area contributed by atoms with E-state index >= 15 is 0 Å². The molecule has 0 unspecified atom stereocenters. The Hall–Kier alpha value is -0.990. The van der Waals surface area contributed by atoms with Crippen LogP contribution in [0.15, 0.2) is 12.7 Å². The molecule has 0 spiro atoms. The molecule has 1 atom stereocenters. The molecule has 3 nitrogen and oxygen atoms in total. The summed E-state index contributed by atoms with van der Waals surface area (Å²) in [7, 11) is 1.36. The third-order valence-electron chi connectivity index (χ3n) is 1.45. The molecule has 1 N–H and O–H groups in total. The predicted octanol–water partition coefficient (Wildman–Crippen LogP) is 1.70. The molecule has 1 amide bonds. The average molecular weight is 157 g/mol. The van der Waals surface area contributed by atoms with Gasteiger partial charge in [-0.25, -0.2) is 4.79 Å². The monoisotopic (exact) mass is 157 g/mol. The first-order valence-corrected chi connectivity index (χ1v) is 3.70. The van der Waals surface area contributed by atoms with Crippen LogP contribution in [0.4, 0.5) is 4.79 Å². The van der Waals surface area contributed by atoms with Crippen molar-refractivity contribution in [3.63, 3.8) is 0 Å². The van der Waals surface area contributed by atoms with Crippen LogP contribution in [0.3, 0.4) is 0 Å². The molecular weight excluding hydrogens is 142 g/mol. The maximum Gasteiger partial charge on any atom is 0.407 e. The van der Waals surface area contributed by atoms with E-state index in [2.05, 4.69) is 16.6 Å². The molecule has 0 aromatic heterocycles. The number of methoxy groups -OCH3 is 1. The SMILES string of the molecule is C=CC[C@H](CC)NC(=O)OC. The van der Waals surface area contributed by atoms with Crippen molar-refractivity contribution in [2.24, 2.45) is 0 Å². The normalized spacial score (nSPS) is 11.8. The number of rotatable bonds is 4. The topological polar surface area (TPSA) is 38.3 Å². The fourth-order valence-electron chi connectivity index (χ4n) is 0.754. The summed E-state index contributed by atoms with van der Waals surface area (Å²) in [5, 5.41) is 2.68. The van der Waals surface area contributed by atoms with Crippen LogP contribution in [-0.2, 0) is 4.74 Å². The Bertz CT molecular complexity index is 134. The first-order chi connectivity index (χ1) is 5.24. The third-order valence-corrected chi connectivity index (χ3v) is 1.45. The van der Waals surface area contributed by atoms with Gasteiger partial charge in [-0.2, -0.15) is 0 Å². The van der Waals surface area contributed by atoms with E-state index in [1.165, 1.54) is 7.11 Å². The number of hydrogen-bond donors (Lipinski definition) is 1. The van der Waals surface area contributed by atoms with Crippen LogP contribution in [0.2, 0.25) is 0 Å². The van der Waals surface area contributed by atoms with Gasteiger partial charge in [0.05, 0.1) is 7.11 Å². The lowest BCUT2D eigenvalue weighted by molar-refractivity contribution is 0.166. The average Bonchev–Trinajstić information content (AvgIpc) is 2.03.